The molecule has 0 bridgehead atoms. The first kappa shape index (κ1) is 24.3. The van der Waals surface area contributed by atoms with Crippen molar-refractivity contribution in [3.05, 3.63) is 67.8 Å². The second-order valence-corrected chi connectivity index (χ2v) is 8.57. The van der Waals surface area contributed by atoms with Crippen molar-refractivity contribution in [2.24, 2.45) is 0 Å². The van der Waals surface area contributed by atoms with E-state index < -0.39 is 0 Å². The second-order valence-electron chi connectivity index (χ2n) is 7.79. The number of methoxy groups -OCH3 is 3. The molecule has 0 aromatic carbocycles. The Kier molecular flexibility index (Phi) is 7.35. The third-order valence-electron chi connectivity index (χ3n) is 5.83. The van der Waals surface area contributed by atoms with Crippen LogP contribution in [-0.4, -0.2) is 60.7 Å². The zero-order valence-corrected chi connectivity index (χ0v) is 20.5. The van der Waals surface area contributed by atoms with E-state index in [2.05, 4.69) is 10.3 Å². The average Bonchev–Trinajstić information content (AvgIpc) is 3.31. The Bertz CT molecular complexity index is 1290. The van der Waals surface area contributed by atoms with Gasteiger partial charge in [0.25, 0.3) is 17.4 Å². The number of aromatic nitrogens is 2. The summed E-state index contributed by atoms with van der Waals surface area (Å²) >= 11 is 1.55. The number of hydrogen-bond acceptors (Lipinski definition) is 8. The molecule has 3 aromatic heterocycles. The molecule has 0 saturated carbocycles. The molecule has 0 fully saturated rings. The first-order chi connectivity index (χ1) is 17.0. The highest BCUT2D eigenvalue weighted by molar-refractivity contribution is 7.07. The third kappa shape index (κ3) is 4.99. The van der Waals surface area contributed by atoms with E-state index in [1.165, 1.54) is 27.4 Å². The highest BCUT2D eigenvalue weighted by Crippen LogP contribution is 2.25. The molecular formula is C24H26N4O6S. The van der Waals surface area contributed by atoms with Gasteiger partial charge in [-0.15, -0.1) is 0 Å². The first-order valence-corrected chi connectivity index (χ1v) is 11.9. The van der Waals surface area contributed by atoms with Crippen molar-refractivity contribution in [1.29, 1.82) is 0 Å². The summed E-state index contributed by atoms with van der Waals surface area (Å²) in [6, 6.07) is 6.44. The number of carbonyl (C=O) groups excluding carboxylic acids is 2. The summed E-state index contributed by atoms with van der Waals surface area (Å²) in [6.07, 6.45) is 0.297. The predicted molar refractivity (Wildman–Crippen MR) is 130 cm³/mol. The van der Waals surface area contributed by atoms with Gasteiger partial charge in [0.15, 0.2) is 0 Å². The van der Waals surface area contributed by atoms with Gasteiger partial charge in [-0.2, -0.15) is 16.3 Å². The van der Waals surface area contributed by atoms with Crippen LogP contribution in [0.3, 0.4) is 0 Å². The van der Waals surface area contributed by atoms with E-state index in [0.717, 1.165) is 5.56 Å². The molecule has 0 unspecified atom stereocenters. The van der Waals surface area contributed by atoms with Gasteiger partial charge in [0.05, 0.1) is 21.3 Å². The van der Waals surface area contributed by atoms with Crippen LogP contribution in [0.25, 0.3) is 0 Å². The molecule has 2 amide bonds. The number of fused-ring (bicyclic) bond motifs is 1. The number of pyridine rings is 2. The lowest BCUT2D eigenvalue weighted by Crippen LogP contribution is -2.34. The summed E-state index contributed by atoms with van der Waals surface area (Å²) < 4.78 is 17.3. The fraction of sp³-hybridized carbons (Fsp3) is 0.333. The molecule has 10 nitrogen and oxygen atoms in total. The van der Waals surface area contributed by atoms with Crippen LogP contribution in [0.1, 0.15) is 32.0 Å². The lowest BCUT2D eigenvalue weighted by atomic mass is 10.1. The van der Waals surface area contributed by atoms with Crippen LogP contribution in [0.2, 0.25) is 0 Å². The maximum atomic E-state index is 13.3. The SMILES string of the molecule is COc1ccc(C(=O)N2CCc3c(C(=O)NCc4ccsc4)c(OC)cc(=O)n3CC2)c(OC)n1. The van der Waals surface area contributed by atoms with E-state index in [1.54, 1.807) is 32.9 Å². The zero-order valence-electron chi connectivity index (χ0n) is 19.7. The van der Waals surface area contributed by atoms with Gasteiger partial charge in [0, 0.05) is 50.4 Å². The minimum atomic E-state index is -0.336. The Labute approximate surface area is 206 Å². The molecule has 1 N–H and O–H groups in total. The molecule has 184 valence electrons. The molecule has 0 radical (unpaired) electrons. The predicted octanol–water partition coefficient (Wildman–Crippen LogP) is 1.96. The standard InChI is InChI=1S/C24H26N4O6S/c1-32-18-12-20(29)28-10-9-27(24(31)16-4-5-19(33-2)26-23(16)34-3)8-6-17(28)21(18)22(30)25-13-15-7-11-35-14-15/h4-5,7,11-12,14H,6,8-10,13H2,1-3H3,(H,25,30). The highest BCUT2D eigenvalue weighted by atomic mass is 32.1. The van der Waals surface area contributed by atoms with Gasteiger partial charge in [-0.25, -0.2) is 0 Å². The fourth-order valence-corrected chi connectivity index (χ4v) is 4.72. The van der Waals surface area contributed by atoms with Crippen LogP contribution >= 0.6 is 11.3 Å². The Morgan fingerprint density at radius 1 is 1.09 bits per heavy atom. The van der Waals surface area contributed by atoms with E-state index >= 15 is 0 Å². The molecule has 1 aliphatic heterocycles. The number of carbonyl (C=O) groups is 2. The molecular weight excluding hydrogens is 472 g/mol. The van der Waals surface area contributed by atoms with Crippen LogP contribution in [-0.2, 0) is 19.5 Å². The molecule has 4 rings (SSSR count). The van der Waals surface area contributed by atoms with Crippen molar-refractivity contribution in [2.45, 2.75) is 19.5 Å². The minimum absolute atomic E-state index is 0.156. The monoisotopic (exact) mass is 498 g/mol. The molecule has 35 heavy (non-hydrogen) atoms. The van der Waals surface area contributed by atoms with Gasteiger partial charge in [0.2, 0.25) is 11.8 Å². The van der Waals surface area contributed by atoms with Crippen LogP contribution in [0.4, 0.5) is 0 Å². The van der Waals surface area contributed by atoms with Gasteiger partial charge < -0.3 is 29.0 Å². The van der Waals surface area contributed by atoms with E-state index in [0.29, 0.717) is 36.6 Å². The summed E-state index contributed by atoms with van der Waals surface area (Å²) in [6.45, 7) is 1.17. The zero-order chi connectivity index (χ0) is 24.9. The lowest BCUT2D eigenvalue weighted by molar-refractivity contribution is 0.0754. The highest BCUT2D eigenvalue weighted by Gasteiger charge is 2.28. The number of amides is 2. The van der Waals surface area contributed by atoms with Gasteiger partial charge in [-0.3, -0.25) is 14.4 Å². The molecule has 0 spiro atoms. The van der Waals surface area contributed by atoms with Crippen molar-refractivity contribution in [1.82, 2.24) is 19.8 Å². The van der Waals surface area contributed by atoms with Crippen molar-refractivity contribution in [2.75, 3.05) is 34.4 Å². The van der Waals surface area contributed by atoms with E-state index in [9.17, 15) is 14.4 Å². The molecule has 1 aliphatic rings. The molecule has 3 aromatic rings. The minimum Gasteiger partial charge on any atom is -0.496 e. The third-order valence-corrected chi connectivity index (χ3v) is 6.56. The molecule has 4 heterocycles. The van der Waals surface area contributed by atoms with Gasteiger partial charge >= 0.3 is 0 Å². The molecule has 0 saturated heterocycles. The molecule has 0 atom stereocenters. The lowest BCUT2D eigenvalue weighted by Gasteiger charge is -2.21. The largest absolute Gasteiger partial charge is 0.496 e. The number of nitrogens with one attached hydrogen (secondary N) is 1. The molecule has 0 aliphatic carbocycles. The van der Waals surface area contributed by atoms with Crippen LogP contribution in [0.5, 0.6) is 17.5 Å². The normalized spacial score (nSPS) is 12.9. The van der Waals surface area contributed by atoms with E-state index in [1.807, 2.05) is 16.8 Å². The average molecular weight is 499 g/mol. The first-order valence-electron chi connectivity index (χ1n) is 10.9. The van der Waals surface area contributed by atoms with Crippen LogP contribution < -0.4 is 25.1 Å². The maximum Gasteiger partial charge on any atom is 0.259 e. The van der Waals surface area contributed by atoms with Crippen molar-refractivity contribution in [3.63, 3.8) is 0 Å². The van der Waals surface area contributed by atoms with E-state index in [4.69, 9.17) is 14.2 Å². The summed E-state index contributed by atoms with van der Waals surface area (Å²) in [5.41, 5.74) is 1.83. The van der Waals surface area contributed by atoms with Crippen molar-refractivity contribution in [3.8, 4) is 17.5 Å². The number of nitrogens with zero attached hydrogens (tertiary/aromatic N) is 3. The summed E-state index contributed by atoms with van der Waals surface area (Å²) in [7, 11) is 4.34. The second kappa shape index (κ2) is 10.6. The summed E-state index contributed by atoms with van der Waals surface area (Å²) in [4.78, 5) is 45.1. The van der Waals surface area contributed by atoms with Crippen molar-refractivity contribution >= 4 is 23.2 Å². The van der Waals surface area contributed by atoms with Gasteiger partial charge in [0.1, 0.15) is 16.9 Å². The Balaban J connectivity index is 1.61. The van der Waals surface area contributed by atoms with Crippen LogP contribution in [0.15, 0.2) is 39.8 Å². The maximum absolute atomic E-state index is 13.3. The van der Waals surface area contributed by atoms with Crippen molar-refractivity contribution < 1.29 is 23.8 Å². The van der Waals surface area contributed by atoms with Crippen LogP contribution in [0, 0.1) is 0 Å². The van der Waals surface area contributed by atoms with Gasteiger partial charge in [-0.1, -0.05) is 0 Å². The number of thiophene rings is 1. The Morgan fingerprint density at radius 3 is 2.60 bits per heavy atom. The number of rotatable bonds is 7. The Hall–Kier alpha value is -3.86. The number of ether oxygens (including phenoxy) is 3. The number of hydrogen-bond donors (Lipinski definition) is 1. The topological polar surface area (TPSA) is 112 Å². The summed E-state index contributed by atoms with van der Waals surface area (Å²) in [5, 5.41) is 6.80. The van der Waals surface area contributed by atoms with E-state index in [-0.39, 0.29) is 47.7 Å². The quantitative estimate of drug-likeness (QED) is 0.530. The molecule has 11 heteroatoms. The smallest absolute Gasteiger partial charge is 0.259 e. The Morgan fingerprint density at radius 2 is 1.91 bits per heavy atom. The summed E-state index contributed by atoms with van der Waals surface area (Å²) in [5.74, 6) is 0.0811. The van der Waals surface area contributed by atoms with Gasteiger partial charge in [-0.05, 0) is 28.5 Å². The fourth-order valence-electron chi connectivity index (χ4n) is 4.05.